The Kier molecular flexibility index (Phi) is 4.03. The molecule has 0 saturated carbocycles. The summed E-state index contributed by atoms with van der Waals surface area (Å²) in [6.07, 6.45) is 0. The molecule has 108 valence electrons. The van der Waals surface area contributed by atoms with Gasteiger partial charge in [0.2, 0.25) is 0 Å². The van der Waals surface area contributed by atoms with Crippen LogP contribution in [0.1, 0.15) is 10.4 Å². The van der Waals surface area contributed by atoms with Crippen molar-refractivity contribution in [3.63, 3.8) is 0 Å². The standard InChI is InChI=1S/C15H11BrClNO3/c16-9-1-3-12(17)11(7-9)15(19)18-10-2-4-13-14(8-10)21-6-5-20-13/h1-4,7-8H,5-6H2,(H,18,19). The number of fused-ring (bicyclic) bond motifs is 1. The molecule has 2 aromatic rings. The first kappa shape index (κ1) is 14.2. The van der Waals surface area contributed by atoms with Crippen molar-refractivity contribution in [1.29, 1.82) is 0 Å². The highest BCUT2D eigenvalue weighted by Crippen LogP contribution is 2.33. The highest BCUT2D eigenvalue weighted by atomic mass is 79.9. The normalized spacial score (nSPS) is 12.9. The second kappa shape index (κ2) is 5.95. The van der Waals surface area contributed by atoms with Crippen LogP contribution in [0.25, 0.3) is 0 Å². The van der Waals surface area contributed by atoms with Gasteiger partial charge in [-0.2, -0.15) is 0 Å². The van der Waals surface area contributed by atoms with E-state index in [9.17, 15) is 4.79 Å². The highest BCUT2D eigenvalue weighted by Gasteiger charge is 2.15. The second-order valence-electron chi connectivity index (χ2n) is 4.44. The zero-order valence-corrected chi connectivity index (χ0v) is 13.2. The van der Waals surface area contributed by atoms with Crippen molar-refractivity contribution in [3.05, 3.63) is 51.5 Å². The summed E-state index contributed by atoms with van der Waals surface area (Å²) in [5.41, 5.74) is 1.03. The molecule has 0 aromatic heterocycles. The van der Waals surface area contributed by atoms with Gasteiger partial charge in [-0.1, -0.05) is 27.5 Å². The number of ether oxygens (including phenoxy) is 2. The van der Waals surface area contributed by atoms with E-state index in [-0.39, 0.29) is 5.91 Å². The van der Waals surface area contributed by atoms with Gasteiger partial charge in [0, 0.05) is 16.2 Å². The number of benzene rings is 2. The van der Waals surface area contributed by atoms with E-state index < -0.39 is 0 Å². The second-order valence-corrected chi connectivity index (χ2v) is 5.76. The van der Waals surface area contributed by atoms with Gasteiger partial charge in [-0.25, -0.2) is 0 Å². The van der Waals surface area contributed by atoms with Gasteiger partial charge < -0.3 is 14.8 Å². The molecular formula is C15H11BrClNO3. The van der Waals surface area contributed by atoms with Crippen molar-refractivity contribution >= 4 is 39.1 Å². The van der Waals surface area contributed by atoms with Crippen molar-refractivity contribution in [2.45, 2.75) is 0 Å². The van der Waals surface area contributed by atoms with E-state index in [1.54, 1.807) is 36.4 Å². The van der Waals surface area contributed by atoms with Crippen LogP contribution in [0.3, 0.4) is 0 Å². The first-order valence-corrected chi connectivity index (χ1v) is 7.46. The summed E-state index contributed by atoms with van der Waals surface area (Å²) in [7, 11) is 0. The molecule has 0 atom stereocenters. The average molecular weight is 369 g/mol. The highest BCUT2D eigenvalue weighted by molar-refractivity contribution is 9.10. The Labute approximate surface area is 135 Å². The van der Waals surface area contributed by atoms with E-state index in [0.717, 1.165) is 4.47 Å². The lowest BCUT2D eigenvalue weighted by Crippen LogP contribution is -2.16. The Morgan fingerprint density at radius 3 is 2.67 bits per heavy atom. The molecule has 2 aromatic carbocycles. The molecule has 4 nitrogen and oxygen atoms in total. The molecule has 1 aliphatic heterocycles. The maximum absolute atomic E-state index is 12.3. The monoisotopic (exact) mass is 367 g/mol. The largest absolute Gasteiger partial charge is 0.486 e. The van der Waals surface area contributed by atoms with Crippen LogP contribution in [0.4, 0.5) is 5.69 Å². The van der Waals surface area contributed by atoms with E-state index in [4.69, 9.17) is 21.1 Å². The third-order valence-electron chi connectivity index (χ3n) is 2.97. The molecule has 1 N–H and O–H groups in total. The van der Waals surface area contributed by atoms with Gasteiger partial charge in [0.25, 0.3) is 5.91 Å². The number of amides is 1. The Balaban J connectivity index is 1.83. The van der Waals surface area contributed by atoms with E-state index >= 15 is 0 Å². The number of nitrogens with one attached hydrogen (secondary N) is 1. The van der Waals surface area contributed by atoms with Crippen molar-refractivity contribution in [2.24, 2.45) is 0 Å². The molecule has 0 aliphatic carbocycles. The zero-order valence-electron chi connectivity index (χ0n) is 10.9. The van der Waals surface area contributed by atoms with Gasteiger partial charge in [-0.05, 0) is 30.3 Å². The lowest BCUT2D eigenvalue weighted by molar-refractivity contribution is 0.102. The molecule has 21 heavy (non-hydrogen) atoms. The summed E-state index contributed by atoms with van der Waals surface area (Å²) in [6, 6.07) is 10.4. The number of carbonyl (C=O) groups is 1. The molecule has 0 radical (unpaired) electrons. The number of carbonyl (C=O) groups excluding carboxylic acids is 1. The SMILES string of the molecule is O=C(Nc1ccc2c(c1)OCCO2)c1cc(Br)ccc1Cl. The minimum Gasteiger partial charge on any atom is -0.486 e. The summed E-state index contributed by atoms with van der Waals surface area (Å²) < 4.78 is 11.7. The summed E-state index contributed by atoms with van der Waals surface area (Å²) in [6.45, 7) is 1.04. The van der Waals surface area contributed by atoms with Gasteiger partial charge in [-0.3, -0.25) is 4.79 Å². The van der Waals surface area contributed by atoms with E-state index in [2.05, 4.69) is 21.2 Å². The third kappa shape index (κ3) is 3.14. The van der Waals surface area contributed by atoms with E-state index in [1.807, 2.05) is 0 Å². The molecule has 0 spiro atoms. The quantitative estimate of drug-likeness (QED) is 0.867. The van der Waals surface area contributed by atoms with Crippen molar-refractivity contribution in [2.75, 3.05) is 18.5 Å². The van der Waals surface area contributed by atoms with E-state index in [1.165, 1.54) is 0 Å². The molecule has 0 unspecified atom stereocenters. The summed E-state index contributed by atoms with van der Waals surface area (Å²) >= 11 is 9.37. The number of anilines is 1. The van der Waals surface area contributed by atoms with Gasteiger partial charge in [0.05, 0.1) is 10.6 Å². The minimum atomic E-state index is -0.280. The first-order chi connectivity index (χ1) is 10.1. The number of rotatable bonds is 2. The molecule has 1 heterocycles. The minimum absolute atomic E-state index is 0.280. The third-order valence-corrected chi connectivity index (χ3v) is 3.80. The molecule has 0 fully saturated rings. The van der Waals surface area contributed by atoms with Gasteiger partial charge in [-0.15, -0.1) is 0 Å². The Bertz CT molecular complexity index is 705. The first-order valence-electron chi connectivity index (χ1n) is 6.29. The van der Waals surface area contributed by atoms with Gasteiger partial charge in [0.15, 0.2) is 11.5 Å². The van der Waals surface area contributed by atoms with E-state index in [0.29, 0.717) is 41.0 Å². The smallest absolute Gasteiger partial charge is 0.257 e. The van der Waals surface area contributed by atoms with Crippen molar-refractivity contribution in [1.82, 2.24) is 0 Å². The Morgan fingerprint density at radius 2 is 1.86 bits per heavy atom. The maximum atomic E-state index is 12.3. The molecular weight excluding hydrogens is 358 g/mol. The zero-order chi connectivity index (χ0) is 14.8. The van der Waals surface area contributed by atoms with Crippen LogP contribution in [0, 0.1) is 0 Å². The predicted octanol–water partition coefficient (Wildman–Crippen LogP) is 4.13. The lowest BCUT2D eigenvalue weighted by atomic mass is 10.2. The van der Waals surface area contributed by atoms with Crippen LogP contribution in [-0.4, -0.2) is 19.1 Å². The van der Waals surface area contributed by atoms with Crippen LogP contribution in [0.5, 0.6) is 11.5 Å². The summed E-state index contributed by atoms with van der Waals surface area (Å²) in [5, 5.41) is 3.19. The van der Waals surface area contributed by atoms with Gasteiger partial charge in [0.1, 0.15) is 13.2 Å². The van der Waals surface area contributed by atoms with Crippen LogP contribution in [0.2, 0.25) is 5.02 Å². The molecule has 1 amide bonds. The lowest BCUT2D eigenvalue weighted by Gasteiger charge is -2.19. The van der Waals surface area contributed by atoms with Crippen LogP contribution < -0.4 is 14.8 Å². The molecule has 0 bridgehead atoms. The number of halogens is 2. The van der Waals surface area contributed by atoms with Crippen molar-refractivity contribution < 1.29 is 14.3 Å². The molecule has 0 saturated heterocycles. The summed E-state index contributed by atoms with van der Waals surface area (Å²) in [5.74, 6) is 1.03. The fourth-order valence-electron chi connectivity index (χ4n) is 1.99. The van der Waals surface area contributed by atoms with Crippen LogP contribution in [0.15, 0.2) is 40.9 Å². The fourth-order valence-corrected chi connectivity index (χ4v) is 2.56. The number of hydrogen-bond donors (Lipinski definition) is 1. The number of hydrogen-bond acceptors (Lipinski definition) is 3. The van der Waals surface area contributed by atoms with Crippen LogP contribution in [-0.2, 0) is 0 Å². The molecule has 3 rings (SSSR count). The molecule has 1 aliphatic rings. The molecule has 6 heteroatoms. The Morgan fingerprint density at radius 1 is 1.10 bits per heavy atom. The predicted molar refractivity (Wildman–Crippen MR) is 84.5 cm³/mol. The van der Waals surface area contributed by atoms with Crippen LogP contribution >= 0.6 is 27.5 Å². The summed E-state index contributed by atoms with van der Waals surface area (Å²) in [4.78, 5) is 12.3. The fraction of sp³-hybridized carbons (Fsp3) is 0.133. The van der Waals surface area contributed by atoms with Gasteiger partial charge >= 0.3 is 0 Å². The van der Waals surface area contributed by atoms with Crippen molar-refractivity contribution in [3.8, 4) is 11.5 Å². The average Bonchev–Trinajstić information content (AvgIpc) is 2.49. The Hall–Kier alpha value is -1.72. The topological polar surface area (TPSA) is 47.6 Å². The maximum Gasteiger partial charge on any atom is 0.257 e.